The summed E-state index contributed by atoms with van der Waals surface area (Å²) in [5.41, 5.74) is 1.88. The van der Waals surface area contributed by atoms with Gasteiger partial charge in [0.15, 0.2) is 0 Å². The molecule has 2 heterocycles. The zero-order chi connectivity index (χ0) is 19.6. The zero-order valence-electron chi connectivity index (χ0n) is 15.1. The van der Waals surface area contributed by atoms with E-state index in [4.69, 9.17) is 8.83 Å². The quantitative estimate of drug-likeness (QED) is 0.589. The van der Waals surface area contributed by atoms with Gasteiger partial charge in [-0.05, 0) is 47.5 Å². The van der Waals surface area contributed by atoms with E-state index >= 15 is 0 Å². The van der Waals surface area contributed by atoms with Crippen LogP contribution in [-0.2, 0) is 22.7 Å². The van der Waals surface area contributed by atoms with Crippen LogP contribution in [0.3, 0.4) is 0 Å². The van der Waals surface area contributed by atoms with Crippen LogP contribution in [0.15, 0.2) is 82.0 Å². The molecule has 2 aromatic heterocycles. The average molecular weight is 376 g/mol. The maximum atomic E-state index is 11.9. The highest BCUT2D eigenvalue weighted by Gasteiger charge is 2.01. The molecule has 0 bridgehead atoms. The number of benzene rings is 1. The van der Waals surface area contributed by atoms with E-state index in [1.165, 1.54) is 12.2 Å². The SMILES string of the molecule is O=C(/C=C\c1ccco1)NCc1cccc(CNC(=O)/C=C/c2ccco2)c1. The first kappa shape index (κ1) is 19.0. The third-order valence-electron chi connectivity index (χ3n) is 3.81. The highest BCUT2D eigenvalue weighted by molar-refractivity contribution is 5.91. The molecule has 0 spiro atoms. The van der Waals surface area contributed by atoms with Crippen molar-refractivity contribution in [3.8, 4) is 0 Å². The molecule has 0 radical (unpaired) electrons. The number of carbonyl (C=O) groups excluding carboxylic acids is 2. The van der Waals surface area contributed by atoms with E-state index < -0.39 is 0 Å². The second-order valence-electron chi connectivity index (χ2n) is 5.95. The van der Waals surface area contributed by atoms with Gasteiger partial charge in [-0.2, -0.15) is 0 Å². The molecule has 0 unspecified atom stereocenters. The Bertz CT molecular complexity index is 879. The fraction of sp³-hybridized carbons (Fsp3) is 0.0909. The summed E-state index contributed by atoms with van der Waals surface area (Å²) in [4.78, 5) is 23.7. The molecule has 0 atom stereocenters. The van der Waals surface area contributed by atoms with Crippen LogP contribution in [-0.4, -0.2) is 11.8 Å². The maximum absolute atomic E-state index is 11.9. The zero-order valence-corrected chi connectivity index (χ0v) is 15.1. The largest absolute Gasteiger partial charge is 0.465 e. The lowest BCUT2D eigenvalue weighted by Gasteiger charge is -2.07. The van der Waals surface area contributed by atoms with E-state index in [1.807, 2.05) is 24.3 Å². The second kappa shape index (κ2) is 9.78. The summed E-state index contributed by atoms with van der Waals surface area (Å²) in [7, 11) is 0. The Labute approximate surface area is 162 Å². The van der Waals surface area contributed by atoms with Gasteiger partial charge in [-0.15, -0.1) is 0 Å². The first-order valence-corrected chi connectivity index (χ1v) is 8.76. The van der Waals surface area contributed by atoms with Gasteiger partial charge < -0.3 is 19.5 Å². The van der Waals surface area contributed by atoms with Crippen LogP contribution >= 0.6 is 0 Å². The molecule has 0 aliphatic heterocycles. The lowest BCUT2D eigenvalue weighted by molar-refractivity contribution is -0.117. The molecule has 0 saturated heterocycles. The third-order valence-corrected chi connectivity index (χ3v) is 3.81. The van der Waals surface area contributed by atoms with Gasteiger partial charge in [0.05, 0.1) is 12.5 Å². The molecule has 0 aliphatic rings. The molecule has 3 aromatic rings. The van der Waals surface area contributed by atoms with Crippen molar-refractivity contribution in [3.05, 3.63) is 95.9 Å². The van der Waals surface area contributed by atoms with Crippen LogP contribution in [0, 0.1) is 0 Å². The molecule has 28 heavy (non-hydrogen) atoms. The van der Waals surface area contributed by atoms with E-state index in [-0.39, 0.29) is 11.8 Å². The topological polar surface area (TPSA) is 84.5 Å². The van der Waals surface area contributed by atoms with Crippen LogP contribution in [0.2, 0.25) is 0 Å². The maximum Gasteiger partial charge on any atom is 0.244 e. The predicted octanol–water partition coefficient (Wildman–Crippen LogP) is 3.53. The lowest BCUT2D eigenvalue weighted by atomic mass is 10.1. The highest BCUT2D eigenvalue weighted by Crippen LogP contribution is 2.06. The molecule has 142 valence electrons. The van der Waals surface area contributed by atoms with Gasteiger partial charge in [-0.1, -0.05) is 24.3 Å². The molecule has 3 rings (SSSR count). The first-order chi connectivity index (χ1) is 13.7. The Hall–Kier alpha value is -3.80. The predicted molar refractivity (Wildman–Crippen MR) is 106 cm³/mol. The summed E-state index contributed by atoms with van der Waals surface area (Å²) in [6, 6.07) is 14.7. The molecule has 6 nitrogen and oxygen atoms in total. The Balaban J connectivity index is 1.45. The first-order valence-electron chi connectivity index (χ1n) is 8.76. The van der Waals surface area contributed by atoms with E-state index in [1.54, 1.807) is 48.9 Å². The van der Waals surface area contributed by atoms with Crippen LogP contribution < -0.4 is 10.6 Å². The van der Waals surface area contributed by atoms with Crippen molar-refractivity contribution in [1.29, 1.82) is 0 Å². The van der Waals surface area contributed by atoms with Crippen LogP contribution in [0.5, 0.6) is 0 Å². The van der Waals surface area contributed by atoms with E-state index in [0.29, 0.717) is 24.6 Å². The minimum atomic E-state index is -0.210. The van der Waals surface area contributed by atoms with Gasteiger partial charge in [0.2, 0.25) is 11.8 Å². The summed E-state index contributed by atoms with van der Waals surface area (Å²) in [5.74, 6) is 0.819. The van der Waals surface area contributed by atoms with Crippen molar-refractivity contribution in [3.63, 3.8) is 0 Å². The van der Waals surface area contributed by atoms with E-state index in [2.05, 4.69) is 10.6 Å². The summed E-state index contributed by atoms with van der Waals surface area (Å²) >= 11 is 0. The number of hydrogen-bond acceptors (Lipinski definition) is 4. The Morgan fingerprint density at radius 1 is 0.750 bits per heavy atom. The van der Waals surface area contributed by atoms with Crippen molar-refractivity contribution in [1.82, 2.24) is 10.6 Å². The number of hydrogen-bond donors (Lipinski definition) is 2. The van der Waals surface area contributed by atoms with Gasteiger partial charge >= 0.3 is 0 Å². The molecular weight excluding hydrogens is 356 g/mol. The molecular formula is C22H20N2O4. The lowest BCUT2D eigenvalue weighted by Crippen LogP contribution is -2.21. The molecule has 0 fully saturated rings. The standard InChI is InChI=1S/C22H20N2O4/c25-21(10-8-19-6-2-12-27-19)23-15-17-4-1-5-18(14-17)16-24-22(26)11-9-20-7-3-13-28-20/h1-14H,15-16H2,(H,23,25)(H,24,26)/b10-8-,11-9+. The van der Waals surface area contributed by atoms with Gasteiger partial charge in [0.25, 0.3) is 0 Å². The monoisotopic (exact) mass is 376 g/mol. The van der Waals surface area contributed by atoms with Crippen molar-refractivity contribution < 1.29 is 18.4 Å². The molecule has 0 saturated carbocycles. The Morgan fingerprint density at radius 2 is 1.25 bits per heavy atom. The Morgan fingerprint density at radius 3 is 1.68 bits per heavy atom. The number of furan rings is 2. The van der Waals surface area contributed by atoms with Gasteiger partial charge in [0, 0.05) is 25.2 Å². The Kier molecular flexibility index (Phi) is 6.62. The molecule has 6 heteroatoms. The van der Waals surface area contributed by atoms with Crippen LogP contribution in [0.4, 0.5) is 0 Å². The summed E-state index contributed by atoms with van der Waals surface area (Å²) in [6.07, 6.45) is 9.17. The van der Waals surface area contributed by atoms with Crippen LogP contribution in [0.25, 0.3) is 12.2 Å². The smallest absolute Gasteiger partial charge is 0.244 e. The summed E-state index contributed by atoms with van der Waals surface area (Å²) < 4.78 is 10.3. The summed E-state index contributed by atoms with van der Waals surface area (Å²) in [6.45, 7) is 0.781. The molecule has 0 aliphatic carbocycles. The summed E-state index contributed by atoms with van der Waals surface area (Å²) in [5, 5.41) is 5.63. The molecule has 1 aromatic carbocycles. The van der Waals surface area contributed by atoms with Gasteiger partial charge in [-0.25, -0.2) is 0 Å². The van der Waals surface area contributed by atoms with Crippen LogP contribution in [0.1, 0.15) is 22.6 Å². The number of nitrogens with one attached hydrogen (secondary N) is 2. The van der Waals surface area contributed by atoms with Gasteiger partial charge in [-0.3, -0.25) is 9.59 Å². The van der Waals surface area contributed by atoms with E-state index in [9.17, 15) is 9.59 Å². The van der Waals surface area contributed by atoms with Crippen molar-refractivity contribution in [2.75, 3.05) is 0 Å². The second-order valence-corrected chi connectivity index (χ2v) is 5.95. The van der Waals surface area contributed by atoms with Crippen molar-refractivity contribution >= 4 is 24.0 Å². The van der Waals surface area contributed by atoms with Crippen molar-refractivity contribution in [2.24, 2.45) is 0 Å². The number of rotatable bonds is 8. The van der Waals surface area contributed by atoms with E-state index in [0.717, 1.165) is 11.1 Å². The number of carbonyl (C=O) groups is 2. The fourth-order valence-corrected chi connectivity index (χ4v) is 2.43. The average Bonchev–Trinajstić information content (AvgIpc) is 3.42. The third kappa shape index (κ3) is 6.17. The molecule has 2 amide bonds. The number of amides is 2. The minimum Gasteiger partial charge on any atom is -0.465 e. The highest BCUT2D eigenvalue weighted by atomic mass is 16.3. The molecule has 2 N–H and O–H groups in total. The normalized spacial score (nSPS) is 11.1. The minimum absolute atomic E-state index is 0.210. The fourth-order valence-electron chi connectivity index (χ4n) is 2.43. The van der Waals surface area contributed by atoms with Gasteiger partial charge in [0.1, 0.15) is 11.5 Å². The van der Waals surface area contributed by atoms with Crippen molar-refractivity contribution in [2.45, 2.75) is 13.1 Å².